The standard InChI is InChI=1S/Fe.Mg.2H2O.2H/h;;2*1H2;;/q+2;;;;;/p-2. The van der Waals surface area contributed by atoms with Gasteiger partial charge < -0.3 is 0 Å². The molecule has 0 heterocycles. The second-order valence-corrected chi connectivity index (χ2v) is 0.292. The minimum absolute atomic E-state index is 0. The molecule has 26 valence electrons. The molecule has 2 nitrogen and oxygen atoms in total. The molecular weight excluding hydrogens is 112 g/mol. The van der Waals surface area contributed by atoms with E-state index in [2.05, 4.69) is 0 Å². The van der Waals surface area contributed by atoms with Gasteiger partial charge in [0.25, 0.3) is 0 Å². The second kappa shape index (κ2) is 8.88. The van der Waals surface area contributed by atoms with Gasteiger partial charge in [0.2, 0.25) is 0 Å². The van der Waals surface area contributed by atoms with E-state index in [1.54, 1.807) is 0 Å². The van der Waals surface area contributed by atoms with Gasteiger partial charge in [-0.15, -0.1) is 0 Å². The third-order valence-electron chi connectivity index (χ3n) is 0. The summed E-state index contributed by atoms with van der Waals surface area (Å²) in [4.78, 5) is 0. The predicted molar refractivity (Wildman–Crippen MR) is 13.0 cm³/mol. The SMILES string of the molecule is [MgH2].[OH][Fe][OH]. The van der Waals surface area contributed by atoms with Crippen LogP contribution in [0.3, 0.4) is 0 Å². The minimum atomic E-state index is -0.750. The molecule has 0 saturated carbocycles. The van der Waals surface area contributed by atoms with E-state index in [0.29, 0.717) is 0 Å². The molecule has 0 unspecified atom stereocenters. The van der Waals surface area contributed by atoms with Gasteiger partial charge in [-0.1, -0.05) is 0 Å². The quantitative estimate of drug-likeness (QED) is 0.358. The first-order valence-corrected chi connectivity index (χ1v) is 1.30. The summed E-state index contributed by atoms with van der Waals surface area (Å²) >= 11 is -0.750. The Morgan fingerprint density at radius 2 is 1.25 bits per heavy atom. The van der Waals surface area contributed by atoms with E-state index in [4.69, 9.17) is 8.38 Å². The molecule has 0 aromatic rings. The van der Waals surface area contributed by atoms with Crippen molar-refractivity contribution >= 4 is 23.1 Å². The molecule has 0 aliphatic rings. The van der Waals surface area contributed by atoms with Crippen molar-refractivity contribution in [3.8, 4) is 0 Å². The van der Waals surface area contributed by atoms with Gasteiger partial charge in [-0.25, -0.2) is 0 Å². The van der Waals surface area contributed by atoms with Crippen LogP contribution < -0.4 is 0 Å². The first kappa shape index (κ1) is 8.96. The second-order valence-electron chi connectivity index (χ2n) is 0.0707. The number of rotatable bonds is 0. The van der Waals surface area contributed by atoms with Gasteiger partial charge in [0, 0.05) is 0 Å². The molecule has 0 spiro atoms. The van der Waals surface area contributed by atoms with Crippen LogP contribution in [0.2, 0.25) is 0 Å². The molecule has 0 aliphatic carbocycles. The van der Waals surface area contributed by atoms with Gasteiger partial charge in [-0.05, 0) is 0 Å². The van der Waals surface area contributed by atoms with Gasteiger partial charge >= 0.3 is 47.0 Å². The Labute approximate surface area is 47.2 Å². The van der Waals surface area contributed by atoms with Crippen molar-refractivity contribution in [3.05, 3.63) is 0 Å². The molecule has 0 atom stereocenters. The van der Waals surface area contributed by atoms with E-state index in [-0.39, 0.29) is 23.1 Å². The molecule has 0 aromatic carbocycles. The summed E-state index contributed by atoms with van der Waals surface area (Å²) in [7, 11) is 0. The average molecular weight is 116 g/mol. The third kappa shape index (κ3) is 10.7. The van der Waals surface area contributed by atoms with E-state index in [9.17, 15) is 0 Å². The third-order valence-corrected chi connectivity index (χ3v) is 0. The van der Waals surface area contributed by atoms with Crippen molar-refractivity contribution in [1.82, 2.24) is 0 Å². The zero-order valence-corrected chi connectivity index (χ0v) is 2.35. The van der Waals surface area contributed by atoms with E-state index >= 15 is 0 Å². The van der Waals surface area contributed by atoms with Crippen molar-refractivity contribution in [2.45, 2.75) is 0 Å². The van der Waals surface area contributed by atoms with Crippen LogP contribution >= 0.6 is 0 Å². The Morgan fingerprint density at radius 3 is 1.25 bits per heavy atom. The van der Waals surface area contributed by atoms with E-state index in [0.717, 1.165) is 0 Å². The van der Waals surface area contributed by atoms with Crippen molar-refractivity contribution < 1.29 is 24.0 Å². The maximum atomic E-state index is 7.12. The molecule has 0 aliphatic heterocycles. The zero-order valence-electron chi connectivity index (χ0n) is 1.25. The summed E-state index contributed by atoms with van der Waals surface area (Å²) in [5, 5.41) is 0. The van der Waals surface area contributed by atoms with Gasteiger partial charge in [-0.2, -0.15) is 0 Å². The summed E-state index contributed by atoms with van der Waals surface area (Å²) in [6.45, 7) is 0. The molecule has 0 amide bonds. The van der Waals surface area contributed by atoms with Crippen molar-refractivity contribution in [1.29, 1.82) is 0 Å². The van der Waals surface area contributed by atoms with E-state index in [1.807, 2.05) is 0 Å². The normalized spacial score (nSPS) is 5.50. The van der Waals surface area contributed by atoms with Crippen LogP contribution in [-0.2, 0) is 15.6 Å². The van der Waals surface area contributed by atoms with Crippen LogP contribution in [0.1, 0.15) is 0 Å². The van der Waals surface area contributed by atoms with Crippen LogP contribution in [-0.4, -0.2) is 31.4 Å². The van der Waals surface area contributed by atoms with Gasteiger partial charge in [-0.3, -0.25) is 0 Å². The van der Waals surface area contributed by atoms with Crippen LogP contribution in [0.25, 0.3) is 0 Å². The monoisotopic (exact) mass is 116 g/mol. The maximum absolute atomic E-state index is 7.12. The molecular formula is H4FeMgO2. The van der Waals surface area contributed by atoms with Crippen LogP contribution in [0.5, 0.6) is 0 Å². The van der Waals surface area contributed by atoms with Crippen molar-refractivity contribution in [2.75, 3.05) is 0 Å². The fourth-order valence-electron chi connectivity index (χ4n) is 0. The fourth-order valence-corrected chi connectivity index (χ4v) is 0. The zero-order chi connectivity index (χ0) is 2.71. The van der Waals surface area contributed by atoms with E-state index < -0.39 is 15.6 Å². The molecule has 0 aromatic heterocycles. The molecule has 2 N–H and O–H groups in total. The van der Waals surface area contributed by atoms with Gasteiger partial charge in [0.1, 0.15) is 0 Å². The molecule has 0 saturated heterocycles. The Bertz CT molecular complexity index is 6.00. The fraction of sp³-hybridized carbons (Fsp3) is 0. The Kier molecular flexibility index (Phi) is 19.9. The Balaban J connectivity index is 0. The summed E-state index contributed by atoms with van der Waals surface area (Å²) in [5.74, 6) is 0. The van der Waals surface area contributed by atoms with Crippen molar-refractivity contribution in [2.24, 2.45) is 0 Å². The van der Waals surface area contributed by atoms with Crippen molar-refractivity contribution in [3.63, 3.8) is 0 Å². The Morgan fingerprint density at radius 1 is 1.25 bits per heavy atom. The van der Waals surface area contributed by atoms with E-state index in [1.165, 1.54) is 0 Å². The first-order chi connectivity index (χ1) is 1.41. The number of hydrogen-bond donors (Lipinski definition) is 2. The van der Waals surface area contributed by atoms with Crippen LogP contribution in [0.4, 0.5) is 0 Å². The molecule has 0 fully saturated rings. The summed E-state index contributed by atoms with van der Waals surface area (Å²) in [5.41, 5.74) is 0. The molecule has 0 bridgehead atoms. The van der Waals surface area contributed by atoms with Gasteiger partial charge in [0.15, 0.2) is 0 Å². The molecule has 4 heavy (non-hydrogen) atoms. The van der Waals surface area contributed by atoms with Crippen LogP contribution in [0.15, 0.2) is 0 Å². The van der Waals surface area contributed by atoms with Crippen LogP contribution in [0, 0.1) is 0 Å². The number of hydrogen-bond acceptors (Lipinski definition) is 2. The summed E-state index contributed by atoms with van der Waals surface area (Å²) in [6.07, 6.45) is 0. The predicted octanol–water partition coefficient (Wildman–Crippen LogP) is -2.03. The molecule has 4 heteroatoms. The summed E-state index contributed by atoms with van der Waals surface area (Å²) < 4.78 is 14.2. The average Bonchev–Trinajstić information content (AvgIpc) is 0.918. The summed E-state index contributed by atoms with van der Waals surface area (Å²) in [6, 6.07) is 0. The Hall–Kier alpha value is 1.21. The first-order valence-electron chi connectivity index (χ1n) is 0.316. The molecule has 0 rings (SSSR count). The topological polar surface area (TPSA) is 40.5 Å². The molecule has 0 radical (unpaired) electrons. The van der Waals surface area contributed by atoms with Gasteiger partial charge in [0.05, 0.1) is 0 Å².